The van der Waals surface area contributed by atoms with Crippen molar-refractivity contribution < 1.29 is 0 Å². The third-order valence-corrected chi connectivity index (χ3v) is 4.91. The maximum atomic E-state index is 5.90. The van der Waals surface area contributed by atoms with Crippen molar-refractivity contribution in [3.05, 3.63) is 42.6 Å². The average Bonchev–Trinajstić information content (AvgIpc) is 2.89. The van der Waals surface area contributed by atoms with E-state index in [1.54, 1.807) is 17.5 Å². The van der Waals surface area contributed by atoms with Gasteiger partial charge in [0.25, 0.3) is 0 Å². The van der Waals surface area contributed by atoms with Gasteiger partial charge in [0.1, 0.15) is 5.82 Å². The molecule has 4 N–H and O–H groups in total. The van der Waals surface area contributed by atoms with Crippen molar-refractivity contribution in [2.75, 3.05) is 16.4 Å². The number of nitrogens with one attached hydrogen (secondary N) is 2. The molecule has 2 aromatic heterocycles. The van der Waals surface area contributed by atoms with Crippen LogP contribution in [0.5, 0.6) is 0 Å². The van der Waals surface area contributed by atoms with E-state index in [-0.39, 0.29) is 0 Å². The van der Waals surface area contributed by atoms with Crippen LogP contribution < -0.4 is 16.4 Å². The summed E-state index contributed by atoms with van der Waals surface area (Å²) in [6.07, 6.45) is 3.85. The molecule has 0 atom stereocenters. The van der Waals surface area contributed by atoms with Gasteiger partial charge in [-0.05, 0) is 37.1 Å². The zero-order chi connectivity index (χ0) is 14.9. The van der Waals surface area contributed by atoms with Gasteiger partial charge in [-0.15, -0.1) is 0 Å². The molecular formula is C16H17N5S. The number of nitrogens with zero attached hydrogens (tertiary/aromatic N) is 2. The Hall–Kier alpha value is -2.34. The van der Waals surface area contributed by atoms with Gasteiger partial charge in [-0.1, -0.05) is 23.5 Å². The number of hydrogen-bond acceptors (Lipinski definition) is 6. The number of fused-ring (bicyclic) bond motifs is 1. The van der Waals surface area contributed by atoms with Crippen LogP contribution in [0.1, 0.15) is 12.8 Å². The van der Waals surface area contributed by atoms with Gasteiger partial charge in [0.05, 0.1) is 15.9 Å². The third kappa shape index (κ3) is 2.57. The molecule has 0 bridgehead atoms. The van der Waals surface area contributed by atoms with E-state index < -0.39 is 0 Å². The van der Waals surface area contributed by atoms with E-state index in [1.165, 1.54) is 4.70 Å². The number of benzene rings is 1. The number of pyridine rings is 1. The highest BCUT2D eigenvalue weighted by Crippen LogP contribution is 2.31. The lowest BCUT2D eigenvalue weighted by Crippen LogP contribution is -2.43. The number of aromatic nitrogens is 2. The summed E-state index contributed by atoms with van der Waals surface area (Å²) >= 11 is 1.71. The average molecular weight is 311 g/mol. The molecule has 2 heterocycles. The monoisotopic (exact) mass is 311 g/mol. The van der Waals surface area contributed by atoms with E-state index in [0.29, 0.717) is 17.8 Å². The van der Waals surface area contributed by atoms with Crippen molar-refractivity contribution in [3.8, 4) is 0 Å². The summed E-state index contributed by atoms with van der Waals surface area (Å²) in [6, 6.07) is 12.8. The second-order valence-electron chi connectivity index (χ2n) is 5.58. The van der Waals surface area contributed by atoms with E-state index in [0.717, 1.165) is 29.3 Å². The number of thiazole rings is 1. The van der Waals surface area contributed by atoms with E-state index in [4.69, 9.17) is 5.73 Å². The molecule has 1 aliphatic rings. The van der Waals surface area contributed by atoms with Crippen LogP contribution in [0.15, 0.2) is 42.6 Å². The zero-order valence-corrected chi connectivity index (χ0v) is 12.8. The Morgan fingerprint density at radius 2 is 1.86 bits per heavy atom. The minimum atomic E-state index is 0.420. The van der Waals surface area contributed by atoms with Gasteiger partial charge in [-0.25, -0.2) is 9.97 Å². The maximum Gasteiger partial charge on any atom is 0.184 e. The topological polar surface area (TPSA) is 75.9 Å². The second-order valence-corrected chi connectivity index (χ2v) is 6.61. The first-order chi connectivity index (χ1) is 10.8. The fourth-order valence-electron chi connectivity index (χ4n) is 2.69. The van der Waals surface area contributed by atoms with Gasteiger partial charge >= 0.3 is 0 Å². The van der Waals surface area contributed by atoms with Gasteiger partial charge in [-0.2, -0.15) is 0 Å². The fraction of sp³-hybridized carbons (Fsp3) is 0.250. The van der Waals surface area contributed by atoms with Crippen molar-refractivity contribution in [3.63, 3.8) is 0 Å². The second kappa shape index (κ2) is 5.46. The Morgan fingerprint density at radius 1 is 1.05 bits per heavy atom. The summed E-state index contributed by atoms with van der Waals surface area (Å²) in [5.41, 5.74) is 7.66. The van der Waals surface area contributed by atoms with Crippen LogP contribution >= 0.6 is 11.3 Å². The van der Waals surface area contributed by atoms with E-state index >= 15 is 0 Å². The SMILES string of the molecule is Nc1cccnc1NC1CC(Nc2nc3ccccc3s2)C1. The summed E-state index contributed by atoms with van der Waals surface area (Å²) in [4.78, 5) is 8.88. The van der Waals surface area contributed by atoms with Crippen LogP contribution in [-0.2, 0) is 0 Å². The van der Waals surface area contributed by atoms with Crippen molar-refractivity contribution in [2.45, 2.75) is 24.9 Å². The fourth-order valence-corrected chi connectivity index (χ4v) is 3.64. The lowest BCUT2D eigenvalue weighted by atomic mass is 9.87. The highest BCUT2D eigenvalue weighted by molar-refractivity contribution is 7.22. The minimum absolute atomic E-state index is 0.420. The first-order valence-corrected chi connectivity index (χ1v) is 8.19. The van der Waals surface area contributed by atoms with Crippen LogP contribution in [0, 0.1) is 0 Å². The quantitative estimate of drug-likeness (QED) is 0.689. The Labute approximate surface area is 132 Å². The highest BCUT2D eigenvalue weighted by atomic mass is 32.1. The van der Waals surface area contributed by atoms with E-state index in [1.807, 2.05) is 30.3 Å². The number of nitrogen functional groups attached to an aromatic ring is 1. The molecule has 3 aromatic rings. The molecule has 1 aromatic carbocycles. The number of rotatable bonds is 4. The molecule has 0 unspecified atom stereocenters. The highest BCUT2D eigenvalue weighted by Gasteiger charge is 2.30. The lowest BCUT2D eigenvalue weighted by molar-refractivity contribution is 0.396. The molecule has 0 saturated heterocycles. The number of hydrogen-bond donors (Lipinski definition) is 3. The third-order valence-electron chi connectivity index (χ3n) is 3.94. The number of para-hydroxylation sites is 1. The number of nitrogens with two attached hydrogens (primary N) is 1. The largest absolute Gasteiger partial charge is 0.396 e. The summed E-state index contributed by atoms with van der Waals surface area (Å²) in [6.45, 7) is 0. The molecular weight excluding hydrogens is 294 g/mol. The molecule has 22 heavy (non-hydrogen) atoms. The Kier molecular flexibility index (Phi) is 3.31. The predicted molar refractivity (Wildman–Crippen MR) is 92.3 cm³/mol. The number of anilines is 3. The van der Waals surface area contributed by atoms with Gasteiger partial charge in [0, 0.05) is 18.3 Å². The van der Waals surface area contributed by atoms with Crippen LogP contribution in [-0.4, -0.2) is 22.1 Å². The smallest absolute Gasteiger partial charge is 0.184 e. The molecule has 5 nitrogen and oxygen atoms in total. The molecule has 0 spiro atoms. The Balaban J connectivity index is 1.35. The first-order valence-electron chi connectivity index (χ1n) is 7.37. The van der Waals surface area contributed by atoms with Crippen LogP contribution in [0.3, 0.4) is 0 Å². The standard InChI is InChI=1S/C16H17N5S/c17-12-4-3-7-18-15(12)19-10-8-11(9-10)20-16-21-13-5-1-2-6-14(13)22-16/h1-7,10-11H,8-9,17H2,(H,18,19)(H,20,21). The van der Waals surface area contributed by atoms with Gasteiger partial charge in [0.2, 0.25) is 0 Å². The normalized spacial score (nSPS) is 20.5. The molecule has 0 radical (unpaired) electrons. The molecule has 0 amide bonds. The summed E-state index contributed by atoms with van der Waals surface area (Å²) in [7, 11) is 0. The molecule has 112 valence electrons. The molecule has 1 aliphatic carbocycles. The van der Waals surface area contributed by atoms with E-state index in [2.05, 4.69) is 26.7 Å². The molecule has 4 rings (SSSR count). The molecule has 1 saturated carbocycles. The molecule has 0 aliphatic heterocycles. The van der Waals surface area contributed by atoms with Crippen molar-refractivity contribution in [1.82, 2.24) is 9.97 Å². The predicted octanol–water partition coefficient (Wildman–Crippen LogP) is 3.33. The first kappa shape index (κ1) is 13.3. The molecule has 1 fully saturated rings. The zero-order valence-electron chi connectivity index (χ0n) is 12.0. The van der Waals surface area contributed by atoms with Crippen molar-refractivity contribution >= 4 is 38.2 Å². The summed E-state index contributed by atoms with van der Waals surface area (Å²) in [5, 5.41) is 7.91. The van der Waals surface area contributed by atoms with Gasteiger partial charge in [-0.3, -0.25) is 0 Å². The van der Waals surface area contributed by atoms with Crippen molar-refractivity contribution in [2.24, 2.45) is 0 Å². The summed E-state index contributed by atoms with van der Waals surface area (Å²) in [5.74, 6) is 0.783. The minimum Gasteiger partial charge on any atom is -0.396 e. The van der Waals surface area contributed by atoms with E-state index in [9.17, 15) is 0 Å². The summed E-state index contributed by atoms with van der Waals surface area (Å²) < 4.78 is 1.22. The van der Waals surface area contributed by atoms with Gasteiger partial charge < -0.3 is 16.4 Å². The van der Waals surface area contributed by atoms with Crippen LogP contribution in [0.2, 0.25) is 0 Å². The van der Waals surface area contributed by atoms with Crippen LogP contribution in [0.4, 0.5) is 16.6 Å². The maximum absolute atomic E-state index is 5.90. The molecule has 6 heteroatoms. The lowest BCUT2D eigenvalue weighted by Gasteiger charge is -2.36. The van der Waals surface area contributed by atoms with Gasteiger partial charge in [0.15, 0.2) is 5.13 Å². The van der Waals surface area contributed by atoms with Crippen molar-refractivity contribution in [1.29, 1.82) is 0 Å². The Morgan fingerprint density at radius 3 is 2.68 bits per heavy atom. The van der Waals surface area contributed by atoms with Crippen LogP contribution in [0.25, 0.3) is 10.2 Å². The Bertz CT molecular complexity index is 761.